The van der Waals surface area contributed by atoms with Crippen molar-refractivity contribution in [3.8, 4) is 0 Å². The Bertz CT molecular complexity index is 154. The van der Waals surface area contributed by atoms with E-state index in [0.717, 1.165) is 25.7 Å². The second-order valence-corrected chi connectivity index (χ2v) is 3.78. The Balaban J connectivity index is 2.60. The first-order chi connectivity index (χ1) is 6.18. The molecule has 1 fully saturated rings. The number of aliphatic hydroxyl groups excluding tert-OH is 1. The van der Waals surface area contributed by atoms with Crippen molar-refractivity contribution in [2.24, 2.45) is 5.92 Å². The summed E-state index contributed by atoms with van der Waals surface area (Å²) < 4.78 is 10.5. The maximum atomic E-state index is 9.87. The van der Waals surface area contributed by atoms with Crippen LogP contribution in [0.4, 0.5) is 0 Å². The average molecular weight is 188 g/mol. The van der Waals surface area contributed by atoms with Crippen LogP contribution in [0.5, 0.6) is 0 Å². The predicted molar refractivity (Wildman–Crippen MR) is 50.4 cm³/mol. The summed E-state index contributed by atoms with van der Waals surface area (Å²) in [6.07, 6.45) is 3.30. The number of hydrogen-bond acceptors (Lipinski definition) is 3. The first-order valence-electron chi connectivity index (χ1n) is 4.97. The molecule has 0 saturated heterocycles. The van der Waals surface area contributed by atoms with E-state index in [1.54, 1.807) is 14.2 Å². The van der Waals surface area contributed by atoms with Gasteiger partial charge in [0.25, 0.3) is 0 Å². The fraction of sp³-hybridized carbons (Fsp3) is 1.00. The van der Waals surface area contributed by atoms with E-state index in [1.807, 2.05) is 0 Å². The Morgan fingerprint density at radius 3 is 2.38 bits per heavy atom. The Labute approximate surface area is 80.0 Å². The third-order valence-electron chi connectivity index (χ3n) is 3.23. The maximum Gasteiger partial charge on any atom is 0.193 e. The van der Waals surface area contributed by atoms with E-state index in [0.29, 0.717) is 5.92 Å². The van der Waals surface area contributed by atoms with Gasteiger partial charge >= 0.3 is 0 Å². The lowest BCUT2D eigenvalue weighted by Gasteiger charge is -2.41. The average Bonchev–Trinajstić information content (AvgIpc) is 2.18. The molecule has 1 aliphatic rings. The zero-order chi connectivity index (χ0) is 9.90. The summed E-state index contributed by atoms with van der Waals surface area (Å²) >= 11 is 0. The molecule has 1 aliphatic carbocycles. The van der Waals surface area contributed by atoms with Gasteiger partial charge < -0.3 is 14.6 Å². The standard InChI is InChI=1S/C10H20O3/c1-4-8-5-6-10(12-2,13-3)9(11)7-8/h8-9,11H,4-7H2,1-3H3. The molecule has 0 aromatic rings. The van der Waals surface area contributed by atoms with Crippen LogP contribution in [0.3, 0.4) is 0 Å². The van der Waals surface area contributed by atoms with Crippen LogP contribution in [0, 0.1) is 5.92 Å². The normalized spacial score (nSPS) is 33.2. The van der Waals surface area contributed by atoms with Gasteiger partial charge in [-0.05, 0) is 18.8 Å². The summed E-state index contributed by atoms with van der Waals surface area (Å²) in [4.78, 5) is 0. The van der Waals surface area contributed by atoms with Crippen molar-refractivity contribution >= 4 is 0 Å². The molecule has 1 saturated carbocycles. The van der Waals surface area contributed by atoms with Gasteiger partial charge in [0, 0.05) is 20.6 Å². The first-order valence-corrected chi connectivity index (χ1v) is 4.97. The van der Waals surface area contributed by atoms with E-state index >= 15 is 0 Å². The highest BCUT2D eigenvalue weighted by Gasteiger charge is 2.42. The fourth-order valence-electron chi connectivity index (χ4n) is 2.12. The zero-order valence-electron chi connectivity index (χ0n) is 8.75. The molecule has 0 radical (unpaired) electrons. The van der Waals surface area contributed by atoms with E-state index in [4.69, 9.17) is 9.47 Å². The minimum atomic E-state index is -0.744. The van der Waals surface area contributed by atoms with E-state index in [2.05, 4.69) is 6.92 Å². The monoisotopic (exact) mass is 188 g/mol. The summed E-state index contributed by atoms with van der Waals surface area (Å²) in [6, 6.07) is 0. The van der Waals surface area contributed by atoms with Crippen molar-refractivity contribution < 1.29 is 14.6 Å². The van der Waals surface area contributed by atoms with Crippen molar-refractivity contribution in [2.45, 2.75) is 44.5 Å². The Morgan fingerprint density at radius 1 is 1.38 bits per heavy atom. The lowest BCUT2D eigenvalue weighted by molar-refractivity contribution is -0.277. The van der Waals surface area contributed by atoms with Crippen LogP contribution in [0.2, 0.25) is 0 Å². The van der Waals surface area contributed by atoms with Gasteiger partial charge in [0.1, 0.15) is 6.10 Å². The molecule has 0 aromatic carbocycles. The molecule has 0 heterocycles. The summed E-state index contributed by atoms with van der Waals surface area (Å²) in [6.45, 7) is 2.16. The van der Waals surface area contributed by atoms with Gasteiger partial charge in [-0.3, -0.25) is 0 Å². The predicted octanol–water partition coefficient (Wildman–Crippen LogP) is 1.55. The van der Waals surface area contributed by atoms with Crippen molar-refractivity contribution in [3.63, 3.8) is 0 Å². The lowest BCUT2D eigenvalue weighted by Crippen LogP contribution is -2.50. The Morgan fingerprint density at radius 2 is 2.00 bits per heavy atom. The van der Waals surface area contributed by atoms with E-state index < -0.39 is 11.9 Å². The largest absolute Gasteiger partial charge is 0.387 e. The van der Waals surface area contributed by atoms with Crippen LogP contribution < -0.4 is 0 Å². The molecule has 0 amide bonds. The summed E-state index contributed by atoms with van der Waals surface area (Å²) in [7, 11) is 3.19. The van der Waals surface area contributed by atoms with Crippen molar-refractivity contribution in [2.75, 3.05) is 14.2 Å². The minimum Gasteiger partial charge on any atom is -0.387 e. The van der Waals surface area contributed by atoms with Crippen LogP contribution in [-0.2, 0) is 9.47 Å². The van der Waals surface area contributed by atoms with Gasteiger partial charge in [0.15, 0.2) is 5.79 Å². The topological polar surface area (TPSA) is 38.7 Å². The molecule has 1 rings (SSSR count). The third-order valence-corrected chi connectivity index (χ3v) is 3.23. The number of hydrogen-bond donors (Lipinski definition) is 1. The molecule has 2 atom stereocenters. The molecule has 3 nitrogen and oxygen atoms in total. The zero-order valence-corrected chi connectivity index (χ0v) is 8.75. The van der Waals surface area contributed by atoms with Gasteiger partial charge in [-0.2, -0.15) is 0 Å². The van der Waals surface area contributed by atoms with Crippen LogP contribution in [0.25, 0.3) is 0 Å². The van der Waals surface area contributed by atoms with E-state index in [9.17, 15) is 5.11 Å². The molecule has 0 aromatic heterocycles. The maximum absolute atomic E-state index is 9.87. The van der Waals surface area contributed by atoms with Crippen molar-refractivity contribution in [1.29, 1.82) is 0 Å². The molecule has 3 heteroatoms. The fourth-order valence-corrected chi connectivity index (χ4v) is 2.12. The Kier molecular flexibility index (Phi) is 3.71. The molecule has 0 aliphatic heterocycles. The number of methoxy groups -OCH3 is 2. The Hall–Kier alpha value is -0.120. The van der Waals surface area contributed by atoms with Crippen molar-refractivity contribution in [1.82, 2.24) is 0 Å². The molecule has 0 bridgehead atoms. The number of rotatable bonds is 3. The van der Waals surface area contributed by atoms with Crippen molar-refractivity contribution in [3.05, 3.63) is 0 Å². The molecule has 1 N–H and O–H groups in total. The third kappa shape index (κ3) is 2.03. The van der Waals surface area contributed by atoms with Gasteiger partial charge in [0.2, 0.25) is 0 Å². The van der Waals surface area contributed by atoms with E-state index in [-0.39, 0.29) is 0 Å². The van der Waals surface area contributed by atoms with Gasteiger partial charge in [-0.15, -0.1) is 0 Å². The molecule has 13 heavy (non-hydrogen) atoms. The highest BCUT2D eigenvalue weighted by molar-refractivity contribution is 4.86. The van der Waals surface area contributed by atoms with Crippen LogP contribution >= 0.6 is 0 Å². The lowest BCUT2D eigenvalue weighted by atomic mass is 9.81. The first kappa shape index (κ1) is 11.0. The van der Waals surface area contributed by atoms with Crippen LogP contribution in [0.1, 0.15) is 32.6 Å². The van der Waals surface area contributed by atoms with Crippen LogP contribution in [-0.4, -0.2) is 31.2 Å². The SMILES string of the molecule is CCC1CCC(OC)(OC)C(O)C1. The van der Waals surface area contributed by atoms with Crippen LogP contribution in [0.15, 0.2) is 0 Å². The van der Waals surface area contributed by atoms with Gasteiger partial charge in [-0.25, -0.2) is 0 Å². The summed E-state index contributed by atoms with van der Waals surface area (Å²) in [5.41, 5.74) is 0. The summed E-state index contributed by atoms with van der Waals surface area (Å²) in [5, 5.41) is 9.87. The highest BCUT2D eigenvalue weighted by Crippen LogP contribution is 2.36. The van der Waals surface area contributed by atoms with Gasteiger partial charge in [-0.1, -0.05) is 13.3 Å². The van der Waals surface area contributed by atoms with Gasteiger partial charge in [0.05, 0.1) is 0 Å². The quantitative estimate of drug-likeness (QED) is 0.683. The summed E-state index contributed by atoms with van der Waals surface area (Å²) in [5.74, 6) is -0.125. The van der Waals surface area contributed by atoms with E-state index in [1.165, 1.54) is 0 Å². The second kappa shape index (κ2) is 4.40. The molecular formula is C10H20O3. The molecular weight excluding hydrogens is 168 g/mol. The minimum absolute atomic E-state index is 0.485. The second-order valence-electron chi connectivity index (χ2n) is 3.78. The number of aliphatic hydroxyl groups is 1. The smallest absolute Gasteiger partial charge is 0.193 e. The molecule has 78 valence electrons. The molecule has 2 unspecified atom stereocenters. The molecule has 0 spiro atoms. The highest BCUT2D eigenvalue weighted by atomic mass is 16.7. The number of ether oxygens (including phenoxy) is 2.